The molecule has 0 aromatic carbocycles. The van der Waals surface area contributed by atoms with Crippen molar-refractivity contribution in [3.8, 4) is 0 Å². The maximum Gasteiger partial charge on any atom is 0.373 e. The van der Waals surface area contributed by atoms with Gasteiger partial charge in [0.25, 0.3) is 0 Å². The molecule has 0 amide bonds. The molecule has 1 unspecified atom stereocenters. The van der Waals surface area contributed by atoms with Gasteiger partial charge in [0.15, 0.2) is 5.60 Å². The average molecular weight is 324 g/mol. The van der Waals surface area contributed by atoms with E-state index in [-0.39, 0.29) is 17.6 Å². The molecule has 0 aromatic rings. The molecule has 1 spiro atoms. The van der Waals surface area contributed by atoms with Gasteiger partial charge in [0.1, 0.15) is 0 Å². The van der Waals surface area contributed by atoms with Crippen LogP contribution in [-0.2, 0) is 28.8 Å². The molecule has 5 aliphatic rings. The summed E-state index contributed by atoms with van der Waals surface area (Å²) in [6.45, 7) is 6.05. The van der Waals surface area contributed by atoms with Crippen LogP contribution in [-0.4, -0.2) is 30.8 Å². The predicted molar refractivity (Wildman–Crippen MR) is 78.6 cm³/mol. The van der Waals surface area contributed by atoms with Crippen LogP contribution in [0.15, 0.2) is 11.3 Å². The van der Waals surface area contributed by atoms with E-state index in [0.29, 0.717) is 5.92 Å². The van der Waals surface area contributed by atoms with Gasteiger partial charge in [-0.25, -0.2) is 14.6 Å². The van der Waals surface area contributed by atoms with E-state index in [0.717, 1.165) is 31.3 Å². The molecule has 4 heterocycles. The number of hydrogen-bond acceptors (Lipinski definition) is 6. The Morgan fingerprint density at radius 3 is 2.78 bits per heavy atom. The van der Waals surface area contributed by atoms with Crippen molar-refractivity contribution in [3.05, 3.63) is 11.3 Å². The summed E-state index contributed by atoms with van der Waals surface area (Å²) >= 11 is 0. The summed E-state index contributed by atoms with van der Waals surface area (Å²) in [5.41, 5.74) is 0.206. The first kappa shape index (κ1) is 15.4. The standard InChI is InChI=1S/C17H24O6/c1-9-5-6-12-10(2)13(14(18)19-4)20-15-17(12)11(9)7-8-16(3,21-15)22-23-17/h9,11-12,15H,5-8H2,1-4H3/t9-,11+,12+,15?,16-,17-/m1/s1. The number of methoxy groups -OCH3 is 1. The highest BCUT2D eigenvalue weighted by atomic mass is 17.3. The van der Waals surface area contributed by atoms with Crippen molar-refractivity contribution in [2.75, 3.05) is 7.11 Å². The minimum Gasteiger partial charge on any atom is -0.463 e. The van der Waals surface area contributed by atoms with Crippen molar-refractivity contribution in [2.24, 2.45) is 17.8 Å². The molecule has 1 saturated carbocycles. The molecule has 2 bridgehead atoms. The van der Waals surface area contributed by atoms with Gasteiger partial charge in [0.05, 0.1) is 7.11 Å². The molecular formula is C17H24O6. The Morgan fingerprint density at radius 2 is 2.04 bits per heavy atom. The van der Waals surface area contributed by atoms with Crippen molar-refractivity contribution in [2.45, 2.75) is 64.1 Å². The predicted octanol–water partition coefficient (Wildman–Crippen LogP) is 2.68. The van der Waals surface area contributed by atoms with Gasteiger partial charge in [0, 0.05) is 18.3 Å². The van der Waals surface area contributed by atoms with Crippen molar-refractivity contribution >= 4 is 5.97 Å². The first-order valence-electron chi connectivity index (χ1n) is 8.41. The molecule has 128 valence electrons. The van der Waals surface area contributed by atoms with E-state index in [1.807, 2.05) is 13.8 Å². The molecule has 1 aliphatic carbocycles. The van der Waals surface area contributed by atoms with Crippen LogP contribution in [0.3, 0.4) is 0 Å². The Labute approximate surface area is 136 Å². The van der Waals surface area contributed by atoms with Gasteiger partial charge < -0.3 is 14.2 Å². The smallest absolute Gasteiger partial charge is 0.373 e. The van der Waals surface area contributed by atoms with Gasteiger partial charge in [0.2, 0.25) is 17.8 Å². The third-order valence-electron chi connectivity index (χ3n) is 6.19. The molecule has 6 heteroatoms. The summed E-state index contributed by atoms with van der Waals surface area (Å²) in [6.07, 6.45) is 3.10. The zero-order valence-electron chi connectivity index (χ0n) is 14.1. The number of fused-ring (bicyclic) bond motifs is 2. The molecule has 0 N–H and O–H groups in total. The van der Waals surface area contributed by atoms with Crippen LogP contribution in [0.1, 0.15) is 46.5 Å². The number of ether oxygens (including phenoxy) is 3. The van der Waals surface area contributed by atoms with E-state index < -0.39 is 23.6 Å². The van der Waals surface area contributed by atoms with Crippen molar-refractivity contribution in [1.82, 2.24) is 0 Å². The number of esters is 1. The van der Waals surface area contributed by atoms with Gasteiger partial charge in [-0.3, -0.25) is 0 Å². The SMILES string of the molecule is COC(=O)C1=C(C)[C@@H]2CC[C@@H](C)[C@@H]3CC[C@@]4(C)OO[C@@]23C(O1)O4. The summed E-state index contributed by atoms with van der Waals surface area (Å²) in [7, 11) is 1.36. The number of carbonyl (C=O) groups is 1. The number of carbonyl (C=O) groups excluding carboxylic acids is 1. The Kier molecular flexibility index (Phi) is 3.31. The van der Waals surface area contributed by atoms with Gasteiger partial charge in [-0.05, 0) is 44.6 Å². The molecule has 6 nitrogen and oxygen atoms in total. The molecule has 0 aromatic heterocycles. The fraction of sp³-hybridized carbons (Fsp3) is 0.824. The highest BCUT2D eigenvalue weighted by molar-refractivity contribution is 5.87. The first-order chi connectivity index (χ1) is 10.9. The van der Waals surface area contributed by atoms with Crippen molar-refractivity contribution in [1.29, 1.82) is 0 Å². The molecule has 23 heavy (non-hydrogen) atoms. The largest absolute Gasteiger partial charge is 0.463 e. The lowest BCUT2D eigenvalue weighted by atomic mass is 9.59. The summed E-state index contributed by atoms with van der Waals surface area (Å²) < 4.78 is 17.0. The Hall–Kier alpha value is -1.11. The lowest BCUT2D eigenvalue weighted by Gasteiger charge is -2.56. The van der Waals surface area contributed by atoms with E-state index in [2.05, 4.69) is 6.92 Å². The summed E-state index contributed by atoms with van der Waals surface area (Å²) in [5, 5.41) is 0. The molecule has 4 aliphatic heterocycles. The monoisotopic (exact) mass is 324 g/mol. The molecule has 0 radical (unpaired) electrons. The second kappa shape index (κ2) is 4.94. The normalized spacial score (nSPS) is 48.3. The fourth-order valence-electron chi connectivity index (χ4n) is 4.92. The van der Waals surface area contributed by atoms with Gasteiger partial charge in [-0.15, -0.1) is 0 Å². The fourth-order valence-corrected chi connectivity index (χ4v) is 4.92. The zero-order valence-corrected chi connectivity index (χ0v) is 14.1. The summed E-state index contributed by atoms with van der Waals surface area (Å²) in [4.78, 5) is 23.8. The Morgan fingerprint density at radius 1 is 1.26 bits per heavy atom. The van der Waals surface area contributed by atoms with Crippen LogP contribution in [0.2, 0.25) is 0 Å². The van der Waals surface area contributed by atoms with Crippen LogP contribution >= 0.6 is 0 Å². The second-order valence-corrected chi connectivity index (χ2v) is 7.48. The van der Waals surface area contributed by atoms with Crippen molar-refractivity contribution < 1.29 is 28.8 Å². The van der Waals surface area contributed by atoms with Crippen molar-refractivity contribution in [3.63, 3.8) is 0 Å². The third kappa shape index (κ3) is 1.95. The number of rotatable bonds is 1. The van der Waals surface area contributed by atoms with Gasteiger partial charge in [-0.1, -0.05) is 6.92 Å². The van der Waals surface area contributed by atoms with E-state index in [1.54, 1.807) is 0 Å². The lowest BCUT2D eigenvalue weighted by molar-refractivity contribution is -0.556. The zero-order chi connectivity index (χ0) is 16.4. The molecular weight excluding hydrogens is 300 g/mol. The maximum atomic E-state index is 12.1. The molecule has 5 rings (SSSR count). The highest BCUT2D eigenvalue weighted by Crippen LogP contribution is 2.60. The van der Waals surface area contributed by atoms with Gasteiger partial charge >= 0.3 is 5.97 Å². The quantitative estimate of drug-likeness (QED) is 0.546. The third-order valence-corrected chi connectivity index (χ3v) is 6.19. The van der Waals surface area contributed by atoms with E-state index in [4.69, 9.17) is 24.0 Å². The van der Waals surface area contributed by atoms with E-state index in [1.165, 1.54) is 7.11 Å². The Bertz CT molecular complexity index is 571. The van der Waals surface area contributed by atoms with Crippen LogP contribution < -0.4 is 0 Å². The minimum atomic E-state index is -0.829. The number of hydrogen-bond donors (Lipinski definition) is 0. The van der Waals surface area contributed by atoms with Gasteiger partial charge in [-0.2, -0.15) is 0 Å². The average Bonchev–Trinajstić information content (AvgIpc) is 2.76. The Balaban J connectivity index is 1.85. The minimum absolute atomic E-state index is 0.0409. The topological polar surface area (TPSA) is 63.2 Å². The van der Waals surface area contributed by atoms with E-state index >= 15 is 0 Å². The first-order valence-corrected chi connectivity index (χ1v) is 8.41. The van der Waals surface area contributed by atoms with Crippen LogP contribution in [0.25, 0.3) is 0 Å². The summed E-state index contributed by atoms with van der Waals surface area (Å²) in [6, 6.07) is 0. The summed E-state index contributed by atoms with van der Waals surface area (Å²) in [5.74, 6) is -0.200. The maximum absolute atomic E-state index is 12.1. The van der Waals surface area contributed by atoms with E-state index in [9.17, 15) is 4.79 Å². The molecule has 6 atom stereocenters. The van der Waals surface area contributed by atoms with Crippen LogP contribution in [0, 0.1) is 17.8 Å². The lowest BCUT2D eigenvalue weighted by Crippen LogP contribution is -2.66. The highest BCUT2D eigenvalue weighted by Gasteiger charge is 2.68. The van der Waals surface area contributed by atoms with Crippen LogP contribution in [0.5, 0.6) is 0 Å². The second-order valence-electron chi connectivity index (χ2n) is 7.48. The molecule has 3 saturated heterocycles. The van der Waals surface area contributed by atoms with Crippen LogP contribution in [0.4, 0.5) is 0 Å². The molecule has 4 fully saturated rings.